The van der Waals surface area contributed by atoms with Gasteiger partial charge < -0.3 is 25.8 Å². The minimum atomic E-state index is -1.18. The lowest BCUT2D eigenvalue weighted by Crippen LogP contribution is -2.51. The summed E-state index contributed by atoms with van der Waals surface area (Å²) in [6.45, 7) is 7.93. The van der Waals surface area contributed by atoms with Gasteiger partial charge in [0.05, 0.1) is 0 Å². The molecule has 0 saturated carbocycles. The van der Waals surface area contributed by atoms with Crippen molar-refractivity contribution in [1.82, 2.24) is 16.0 Å². The molecule has 0 aromatic carbocycles. The van der Waals surface area contributed by atoms with E-state index in [4.69, 9.17) is 9.84 Å². The van der Waals surface area contributed by atoms with E-state index in [0.717, 1.165) is 0 Å². The smallest absolute Gasteiger partial charge is 0.408 e. The average molecular weight is 345 g/mol. The number of hydrogen-bond acceptors (Lipinski definition) is 5. The molecule has 0 spiro atoms. The Morgan fingerprint density at radius 2 is 1.62 bits per heavy atom. The molecular weight excluding hydrogens is 318 g/mol. The molecule has 9 nitrogen and oxygen atoms in total. The van der Waals surface area contributed by atoms with Crippen LogP contribution in [0.4, 0.5) is 4.79 Å². The number of aliphatic carboxylic acids is 1. The first-order valence-electron chi connectivity index (χ1n) is 7.66. The quantitative estimate of drug-likeness (QED) is 0.498. The van der Waals surface area contributed by atoms with Crippen molar-refractivity contribution in [2.24, 2.45) is 5.92 Å². The van der Waals surface area contributed by atoms with Crippen molar-refractivity contribution in [3.05, 3.63) is 0 Å². The van der Waals surface area contributed by atoms with Crippen LogP contribution in [0, 0.1) is 5.92 Å². The molecule has 0 aliphatic carbocycles. The summed E-state index contributed by atoms with van der Waals surface area (Å²) < 4.78 is 5.00. The van der Waals surface area contributed by atoms with Crippen molar-refractivity contribution in [1.29, 1.82) is 0 Å². The maximum atomic E-state index is 11.9. The Hall–Kier alpha value is -2.32. The summed E-state index contributed by atoms with van der Waals surface area (Å²) in [7, 11) is 0. The highest BCUT2D eigenvalue weighted by Gasteiger charge is 2.23. The summed E-state index contributed by atoms with van der Waals surface area (Å²) in [5, 5.41) is 15.6. The Morgan fingerprint density at radius 1 is 1.04 bits per heavy atom. The second-order valence-electron chi connectivity index (χ2n) is 6.72. The van der Waals surface area contributed by atoms with Crippen molar-refractivity contribution >= 4 is 23.9 Å². The van der Waals surface area contributed by atoms with Gasteiger partial charge in [-0.3, -0.25) is 14.4 Å². The molecule has 0 bridgehead atoms. The normalized spacial score (nSPS) is 12.2. The molecule has 9 heteroatoms. The van der Waals surface area contributed by atoms with Crippen LogP contribution in [-0.4, -0.2) is 53.7 Å². The zero-order valence-electron chi connectivity index (χ0n) is 14.8. The van der Waals surface area contributed by atoms with Gasteiger partial charge >= 0.3 is 12.1 Å². The Labute approximate surface area is 141 Å². The van der Waals surface area contributed by atoms with Crippen molar-refractivity contribution in [2.45, 2.75) is 52.7 Å². The second kappa shape index (κ2) is 9.74. The molecule has 0 heterocycles. The van der Waals surface area contributed by atoms with Crippen LogP contribution in [0.25, 0.3) is 0 Å². The van der Waals surface area contributed by atoms with Crippen LogP contribution in [0.15, 0.2) is 0 Å². The highest BCUT2D eigenvalue weighted by Crippen LogP contribution is 2.06. The number of nitrogens with one attached hydrogen (secondary N) is 3. The first-order valence-corrected chi connectivity index (χ1v) is 7.66. The minimum absolute atomic E-state index is 0.102. The highest BCUT2D eigenvalue weighted by molar-refractivity contribution is 5.90. The fourth-order valence-electron chi connectivity index (χ4n) is 1.70. The standard InChI is InChI=1S/C15H27N3O6/c1-9(2)6-10(13(22)16-8-12(20)21)18-11(19)7-17-14(23)24-15(3,4)5/h9-10H,6-8H2,1-5H3,(H,16,22)(H,17,23)(H,18,19)(H,20,21). The number of carboxylic acids is 1. The van der Waals surface area contributed by atoms with E-state index in [1.165, 1.54) is 0 Å². The zero-order valence-corrected chi connectivity index (χ0v) is 14.8. The van der Waals surface area contributed by atoms with Gasteiger partial charge in [-0.15, -0.1) is 0 Å². The fraction of sp³-hybridized carbons (Fsp3) is 0.733. The van der Waals surface area contributed by atoms with Gasteiger partial charge in [0.1, 0.15) is 24.7 Å². The SMILES string of the molecule is CC(C)CC(NC(=O)CNC(=O)OC(C)(C)C)C(=O)NCC(=O)O. The molecule has 0 aromatic rings. The second-order valence-corrected chi connectivity index (χ2v) is 6.72. The molecule has 0 fully saturated rings. The highest BCUT2D eigenvalue weighted by atomic mass is 16.6. The third-order valence-electron chi connectivity index (χ3n) is 2.56. The number of carbonyl (C=O) groups is 4. The van der Waals surface area contributed by atoms with E-state index in [0.29, 0.717) is 6.42 Å². The number of ether oxygens (including phenoxy) is 1. The predicted octanol–water partition coefficient (Wildman–Crippen LogP) is 0.243. The lowest BCUT2D eigenvalue weighted by atomic mass is 10.0. The van der Waals surface area contributed by atoms with Crippen LogP contribution in [0.1, 0.15) is 41.0 Å². The van der Waals surface area contributed by atoms with Crippen LogP contribution in [0.2, 0.25) is 0 Å². The van der Waals surface area contributed by atoms with E-state index in [1.807, 2.05) is 13.8 Å². The molecule has 0 aromatic heterocycles. The molecule has 1 unspecified atom stereocenters. The van der Waals surface area contributed by atoms with Crippen LogP contribution in [-0.2, 0) is 19.1 Å². The van der Waals surface area contributed by atoms with E-state index < -0.39 is 42.1 Å². The Balaban J connectivity index is 4.51. The van der Waals surface area contributed by atoms with Crippen molar-refractivity contribution in [3.63, 3.8) is 0 Å². The first-order chi connectivity index (χ1) is 10.9. The average Bonchev–Trinajstić information content (AvgIpc) is 2.39. The molecule has 0 rings (SSSR count). The molecule has 0 aliphatic rings. The number of rotatable bonds is 8. The summed E-state index contributed by atoms with van der Waals surface area (Å²) in [4.78, 5) is 45.8. The van der Waals surface area contributed by atoms with Crippen LogP contribution >= 0.6 is 0 Å². The summed E-state index contributed by atoms with van der Waals surface area (Å²) in [5.74, 6) is -2.23. The topological polar surface area (TPSA) is 134 Å². The number of carbonyl (C=O) groups excluding carboxylic acids is 3. The largest absolute Gasteiger partial charge is 0.480 e. The van der Waals surface area contributed by atoms with E-state index in [1.54, 1.807) is 20.8 Å². The van der Waals surface area contributed by atoms with Gasteiger partial charge in [0.15, 0.2) is 0 Å². The monoisotopic (exact) mass is 345 g/mol. The molecule has 0 radical (unpaired) electrons. The summed E-state index contributed by atoms with van der Waals surface area (Å²) in [6.07, 6.45) is -0.405. The van der Waals surface area contributed by atoms with Gasteiger partial charge in [-0.2, -0.15) is 0 Å². The van der Waals surface area contributed by atoms with Crippen LogP contribution in [0.3, 0.4) is 0 Å². The Kier molecular flexibility index (Phi) is 8.80. The Bertz CT molecular complexity index is 470. The van der Waals surface area contributed by atoms with Crippen molar-refractivity contribution in [3.8, 4) is 0 Å². The van der Waals surface area contributed by atoms with Gasteiger partial charge in [0.2, 0.25) is 11.8 Å². The number of amides is 3. The van der Waals surface area contributed by atoms with Gasteiger partial charge in [-0.25, -0.2) is 4.79 Å². The first kappa shape index (κ1) is 21.7. The molecule has 1 atom stereocenters. The molecule has 4 N–H and O–H groups in total. The minimum Gasteiger partial charge on any atom is -0.480 e. The number of hydrogen-bond donors (Lipinski definition) is 4. The lowest BCUT2D eigenvalue weighted by Gasteiger charge is -2.21. The number of alkyl carbamates (subject to hydrolysis) is 1. The van der Waals surface area contributed by atoms with E-state index in [2.05, 4.69) is 16.0 Å². The molecular formula is C15H27N3O6. The maximum Gasteiger partial charge on any atom is 0.408 e. The molecule has 24 heavy (non-hydrogen) atoms. The van der Waals surface area contributed by atoms with E-state index in [-0.39, 0.29) is 12.5 Å². The third kappa shape index (κ3) is 11.3. The number of carboxylic acid groups (broad SMARTS) is 1. The van der Waals surface area contributed by atoms with E-state index >= 15 is 0 Å². The molecule has 0 aliphatic heterocycles. The van der Waals surface area contributed by atoms with Gasteiger partial charge in [-0.05, 0) is 33.1 Å². The predicted molar refractivity (Wildman–Crippen MR) is 86.3 cm³/mol. The Morgan fingerprint density at radius 3 is 2.08 bits per heavy atom. The maximum absolute atomic E-state index is 11.9. The van der Waals surface area contributed by atoms with E-state index in [9.17, 15) is 19.2 Å². The lowest BCUT2D eigenvalue weighted by molar-refractivity contribution is -0.138. The summed E-state index contributed by atoms with van der Waals surface area (Å²) >= 11 is 0. The molecule has 138 valence electrons. The fourth-order valence-corrected chi connectivity index (χ4v) is 1.70. The summed E-state index contributed by atoms with van der Waals surface area (Å²) in [6, 6.07) is -0.878. The van der Waals surface area contributed by atoms with Gasteiger partial charge in [0.25, 0.3) is 0 Å². The van der Waals surface area contributed by atoms with Crippen LogP contribution in [0.5, 0.6) is 0 Å². The molecule has 3 amide bonds. The van der Waals surface area contributed by atoms with Crippen LogP contribution < -0.4 is 16.0 Å². The zero-order chi connectivity index (χ0) is 18.9. The van der Waals surface area contributed by atoms with Crippen molar-refractivity contribution in [2.75, 3.05) is 13.1 Å². The van der Waals surface area contributed by atoms with Crippen molar-refractivity contribution < 1.29 is 29.0 Å². The van der Waals surface area contributed by atoms with Gasteiger partial charge in [-0.1, -0.05) is 13.8 Å². The summed E-state index contributed by atoms with van der Waals surface area (Å²) in [5.41, 5.74) is -0.683. The van der Waals surface area contributed by atoms with Gasteiger partial charge in [0, 0.05) is 0 Å². The third-order valence-corrected chi connectivity index (χ3v) is 2.56. The molecule has 0 saturated heterocycles.